The van der Waals surface area contributed by atoms with E-state index in [4.69, 9.17) is 19.0 Å². The molecule has 0 radical (unpaired) electrons. The normalized spacial score (nSPS) is 12.7. The zero-order valence-electron chi connectivity index (χ0n) is 33.8. The molecular formula is C51H40N3O6P3. The molecule has 0 aromatic heterocycles. The topological polar surface area (TPSA) is 116 Å². The molecule has 0 aliphatic rings. The summed E-state index contributed by atoms with van der Waals surface area (Å²) in [5, 5.41) is 17.8. The van der Waals surface area contributed by atoms with Crippen molar-refractivity contribution in [2.24, 2.45) is 15.5 Å². The molecule has 0 aliphatic heterocycles. The second kappa shape index (κ2) is 19.3. The highest BCUT2D eigenvalue weighted by Crippen LogP contribution is 2.48. The van der Waals surface area contributed by atoms with Crippen LogP contribution in [0.2, 0.25) is 0 Å². The van der Waals surface area contributed by atoms with Gasteiger partial charge in [0, 0.05) is 5.56 Å². The van der Waals surface area contributed by atoms with Crippen molar-refractivity contribution in [2.45, 2.75) is 0 Å². The molecule has 0 saturated heterocycles. The Morgan fingerprint density at radius 1 is 0.381 bits per heavy atom. The van der Waals surface area contributed by atoms with Crippen LogP contribution in [0.5, 0.6) is 0 Å². The molecule has 310 valence electrons. The molecule has 8 rings (SSSR count). The number of oxime groups is 3. The predicted molar refractivity (Wildman–Crippen MR) is 258 cm³/mol. The van der Waals surface area contributed by atoms with Crippen molar-refractivity contribution in [3.05, 3.63) is 243 Å². The minimum Gasteiger partial charge on any atom is -0.330 e. The molecule has 0 unspecified atom stereocenters. The van der Waals surface area contributed by atoms with Crippen LogP contribution in [0.4, 0.5) is 0 Å². The van der Waals surface area contributed by atoms with Crippen LogP contribution in [0.1, 0.15) is 5.56 Å². The van der Waals surface area contributed by atoms with Gasteiger partial charge in [-0.3, -0.25) is 13.7 Å². The third kappa shape index (κ3) is 9.09. The molecule has 63 heavy (non-hydrogen) atoms. The van der Waals surface area contributed by atoms with E-state index in [0.29, 0.717) is 42.8 Å². The van der Waals surface area contributed by atoms with E-state index in [-0.39, 0.29) is 17.1 Å². The van der Waals surface area contributed by atoms with Crippen LogP contribution < -0.4 is 31.8 Å². The van der Waals surface area contributed by atoms with Gasteiger partial charge in [-0.15, -0.1) is 0 Å². The molecule has 12 heteroatoms. The number of hydrogen-bond donors (Lipinski definition) is 0. The first-order chi connectivity index (χ1) is 30.8. The average molecular weight is 884 g/mol. The molecule has 0 saturated carbocycles. The molecule has 8 aromatic carbocycles. The van der Waals surface area contributed by atoms with Crippen LogP contribution in [0.25, 0.3) is 10.8 Å². The Morgan fingerprint density at radius 3 is 1.08 bits per heavy atom. The smallest absolute Gasteiger partial charge is 0.330 e. The lowest BCUT2D eigenvalue weighted by atomic mass is 9.96. The largest absolute Gasteiger partial charge is 0.330 e. The molecule has 0 aliphatic carbocycles. The number of allylic oxidation sites excluding steroid dienone is 1. The number of benzene rings is 8. The minimum absolute atomic E-state index is 0.0249. The summed E-state index contributed by atoms with van der Waals surface area (Å²) in [6.45, 7) is 4.07. The summed E-state index contributed by atoms with van der Waals surface area (Å²) in [6, 6.07) is 65.7. The summed E-state index contributed by atoms with van der Waals surface area (Å²) < 4.78 is 64.9. The van der Waals surface area contributed by atoms with E-state index in [1.54, 1.807) is 152 Å². The number of hydrogen-bond acceptors (Lipinski definition) is 9. The highest BCUT2D eigenvalue weighted by atomic mass is 31.2. The van der Waals surface area contributed by atoms with Gasteiger partial charge in [-0.05, 0) is 89.6 Å². The molecule has 0 N–H and O–H groups in total. The lowest BCUT2D eigenvalue weighted by Crippen LogP contribution is -2.27. The maximum absolute atomic E-state index is 15.4. The van der Waals surface area contributed by atoms with Gasteiger partial charge in [0.25, 0.3) is 0 Å². The predicted octanol–water partition coefficient (Wildman–Crippen LogP) is 10.3. The van der Waals surface area contributed by atoms with Crippen LogP contribution >= 0.6 is 22.1 Å². The molecule has 0 spiro atoms. The van der Waals surface area contributed by atoms with Crippen LogP contribution in [0.3, 0.4) is 0 Å². The summed E-state index contributed by atoms with van der Waals surface area (Å²) in [5.41, 5.74) is 0.150. The first-order valence-electron chi connectivity index (χ1n) is 19.9. The van der Waals surface area contributed by atoms with Crippen molar-refractivity contribution in [3.8, 4) is 0 Å². The first-order valence-corrected chi connectivity index (χ1v) is 24.8. The standard InChI is InChI=1S/C51H40N3O6P3/c1-2-49(52-58-61(55,41-26-9-3-10-27-41)42-28-11-4-12-29-42)51(54-60-63(57,45-34-17-7-18-35-45)46-36-19-8-20-37-46)50(48-39-23-25-40-24-21-22-38-47(40)48)53-59-62(56,43-30-13-5-14-31-43)44-32-15-6-16-33-44/h2-39H,1H2/b52-49+,53-50+,54-51+. The average Bonchev–Trinajstić information content (AvgIpc) is 3.36. The van der Waals surface area contributed by atoms with E-state index in [1.165, 1.54) is 6.08 Å². The summed E-state index contributed by atoms with van der Waals surface area (Å²) in [4.78, 5) is 0. The van der Waals surface area contributed by atoms with Crippen LogP contribution in [0.15, 0.2) is 253 Å². The second-order valence-corrected chi connectivity index (χ2v) is 20.9. The Bertz CT molecular complexity index is 2940. The van der Waals surface area contributed by atoms with Gasteiger partial charge in [-0.25, -0.2) is 0 Å². The van der Waals surface area contributed by atoms with Gasteiger partial charge in [0.1, 0.15) is 11.4 Å². The monoisotopic (exact) mass is 883 g/mol. The second-order valence-electron chi connectivity index (χ2n) is 14.0. The van der Waals surface area contributed by atoms with Crippen molar-refractivity contribution in [1.29, 1.82) is 0 Å². The quantitative estimate of drug-likeness (QED) is 0.0542. The summed E-state index contributed by atoms with van der Waals surface area (Å²) >= 11 is 0. The van der Waals surface area contributed by atoms with Crippen molar-refractivity contribution >= 4 is 81.8 Å². The summed E-state index contributed by atoms with van der Waals surface area (Å²) in [7, 11) is -12.0. The molecule has 8 aromatic rings. The zero-order chi connectivity index (χ0) is 43.5. The SMILES string of the molecule is C=CC(=N\OP(=O)(c1ccccc1)c1ccccc1)/C(=N\OP(=O)(c1ccccc1)c1ccccc1)C(=N/OP(=O)(c1ccccc1)c1ccccc1)/c1cccc2ccccc12. The van der Waals surface area contributed by atoms with E-state index in [1.807, 2.05) is 72.8 Å². The van der Waals surface area contributed by atoms with Crippen LogP contribution in [-0.4, -0.2) is 17.1 Å². The Hall–Kier alpha value is -7.14. The number of fused-ring (bicyclic) bond motifs is 1. The molecule has 0 amide bonds. The van der Waals surface area contributed by atoms with E-state index >= 15 is 13.7 Å². The molecular weight excluding hydrogens is 843 g/mol. The van der Waals surface area contributed by atoms with Gasteiger partial charge < -0.3 is 13.9 Å². The molecule has 0 atom stereocenters. The molecule has 0 heterocycles. The van der Waals surface area contributed by atoms with Gasteiger partial charge in [0.05, 0.1) is 31.8 Å². The van der Waals surface area contributed by atoms with E-state index in [9.17, 15) is 0 Å². The van der Waals surface area contributed by atoms with E-state index < -0.39 is 22.1 Å². The highest BCUT2D eigenvalue weighted by Gasteiger charge is 2.35. The van der Waals surface area contributed by atoms with Crippen LogP contribution in [-0.2, 0) is 27.6 Å². The van der Waals surface area contributed by atoms with Crippen molar-refractivity contribution < 1.29 is 27.6 Å². The van der Waals surface area contributed by atoms with E-state index in [2.05, 4.69) is 16.9 Å². The zero-order valence-corrected chi connectivity index (χ0v) is 36.5. The lowest BCUT2D eigenvalue weighted by molar-refractivity contribution is 0.343. The summed E-state index contributed by atoms with van der Waals surface area (Å²) in [5.74, 6) is 0. The Labute approximate surface area is 366 Å². The molecule has 0 fully saturated rings. The van der Waals surface area contributed by atoms with Gasteiger partial charge >= 0.3 is 22.1 Å². The van der Waals surface area contributed by atoms with E-state index in [0.717, 1.165) is 5.39 Å². The third-order valence-electron chi connectivity index (χ3n) is 10.0. The number of rotatable bonds is 16. The van der Waals surface area contributed by atoms with Gasteiger partial charge in [0.15, 0.2) is 5.71 Å². The maximum Gasteiger partial charge on any atom is 0.330 e. The minimum atomic E-state index is -4.02. The van der Waals surface area contributed by atoms with Gasteiger partial charge in [-0.2, -0.15) is 0 Å². The molecule has 0 bridgehead atoms. The fourth-order valence-electron chi connectivity index (χ4n) is 6.81. The van der Waals surface area contributed by atoms with Gasteiger partial charge in [-0.1, -0.05) is 174 Å². The van der Waals surface area contributed by atoms with Crippen molar-refractivity contribution in [3.63, 3.8) is 0 Å². The number of nitrogens with zero attached hydrogens (tertiary/aromatic N) is 3. The Morgan fingerprint density at radius 2 is 0.698 bits per heavy atom. The lowest BCUT2D eigenvalue weighted by Gasteiger charge is -2.20. The third-order valence-corrected chi connectivity index (χ3v) is 16.8. The summed E-state index contributed by atoms with van der Waals surface area (Å²) in [6.07, 6.45) is 1.34. The maximum atomic E-state index is 15.4. The highest BCUT2D eigenvalue weighted by molar-refractivity contribution is 7.75. The van der Waals surface area contributed by atoms with Crippen molar-refractivity contribution in [1.82, 2.24) is 0 Å². The Balaban J connectivity index is 1.39. The Kier molecular flexibility index (Phi) is 13.0. The van der Waals surface area contributed by atoms with Crippen molar-refractivity contribution in [2.75, 3.05) is 0 Å². The fraction of sp³-hybridized carbons (Fsp3) is 0. The fourth-order valence-corrected chi connectivity index (χ4v) is 12.3. The molecule has 9 nitrogen and oxygen atoms in total. The van der Waals surface area contributed by atoms with Gasteiger partial charge in [0.2, 0.25) is 0 Å². The van der Waals surface area contributed by atoms with Crippen LogP contribution in [0, 0.1) is 0 Å². The first kappa shape index (κ1) is 42.5.